The second-order valence-electron chi connectivity index (χ2n) is 6.33. The van der Waals surface area contributed by atoms with Crippen LogP contribution in [0.2, 0.25) is 0 Å². The molecule has 1 amide bonds. The number of nitrogens with zero attached hydrogens (tertiary/aromatic N) is 3. The Morgan fingerprint density at radius 2 is 2.32 bits per heavy atom. The molecule has 1 fully saturated rings. The summed E-state index contributed by atoms with van der Waals surface area (Å²) in [5, 5.41) is 3.82. The highest BCUT2D eigenvalue weighted by molar-refractivity contribution is 5.76. The maximum absolute atomic E-state index is 13.7. The van der Waals surface area contributed by atoms with Gasteiger partial charge in [-0.3, -0.25) is 4.79 Å². The van der Waals surface area contributed by atoms with Crippen molar-refractivity contribution in [2.75, 3.05) is 20.2 Å². The van der Waals surface area contributed by atoms with E-state index in [1.165, 1.54) is 13.2 Å². The van der Waals surface area contributed by atoms with Crippen LogP contribution >= 0.6 is 0 Å². The van der Waals surface area contributed by atoms with Gasteiger partial charge in [-0.25, -0.2) is 4.39 Å². The Hall–Kier alpha value is -2.44. The van der Waals surface area contributed by atoms with Gasteiger partial charge < -0.3 is 14.2 Å². The van der Waals surface area contributed by atoms with Crippen LogP contribution in [0.3, 0.4) is 0 Å². The summed E-state index contributed by atoms with van der Waals surface area (Å²) in [6, 6.07) is 4.80. The zero-order valence-corrected chi connectivity index (χ0v) is 14.5. The SMILES string of the molecule is COc1ccc(CCC(=O)N2CCCC(c3nc(C)no3)C2)cc1F. The quantitative estimate of drug-likeness (QED) is 0.832. The molecule has 134 valence electrons. The van der Waals surface area contributed by atoms with Gasteiger partial charge in [-0.05, 0) is 43.9 Å². The van der Waals surface area contributed by atoms with Crippen molar-refractivity contribution in [1.29, 1.82) is 0 Å². The molecule has 1 aromatic heterocycles. The van der Waals surface area contributed by atoms with Crippen LogP contribution in [-0.4, -0.2) is 41.1 Å². The normalized spacial score (nSPS) is 17.6. The van der Waals surface area contributed by atoms with Crippen LogP contribution in [0.25, 0.3) is 0 Å². The summed E-state index contributed by atoms with van der Waals surface area (Å²) < 4.78 is 23.9. The van der Waals surface area contributed by atoms with Gasteiger partial charge in [0.1, 0.15) is 0 Å². The van der Waals surface area contributed by atoms with Crippen molar-refractivity contribution < 1.29 is 18.4 Å². The number of amides is 1. The van der Waals surface area contributed by atoms with E-state index in [0.29, 0.717) is 31.1 Å². The molecule has 0 spiro atoms. The lowest BCUT2D eigenvalue weighted by molar-refractivity contribution is -0.132. The molecule has 0 saturated carbocycles. The molecule has 1 aromatic carbocycles. The molecule has 6 nitrogen and oxygen atoms in total. The summed E-state index contributed by atoms with van der Waals surface area (Å²) >= 11 is 0. The van der Waals surface area contributed by atoms with E-state index >= 15 is 0 Å². The topological polar surface area (TPSA) is 68.5 Å². The number of rotatable bonds is 5. The van der Waals surface area contributed by atoms with E-state index in [9.17, 15) is 9.18 Å². The fraction of sp³-hybridized carbons (Fsp3) is 0.500. The van der Waals surface area contributed by atoms with E-state index in [-0.39, 0.29) is 17.6 Å². The molecule has 2 aromatic rings. The predicted molar refractivity (Wildman–Crippen MR) is 88.9 cm³/mol. The van der Waals surface area contributed by atoms with Gasteiger partial charge >= 0.3 is 0 Å². The minimum Gasteiger partial charge on any atom is -0.494 e. The van der Waals surface area contributed by atoms with Gasteiger partial charge in [-0.1, -0.05) is 11.2 Å². The Morgan fingerprint density at radius 1 is 1.48 bits per heavy atom. The average molecular weight is 347 g/mol. The first-order valence-corrected chi connectivity index (χ1v) is 8.47. The van der Waals surface area contributed by atoms with E-state index in [2.05, 4.69) is 10.1 Å². The highest BCUT2D eigenvalue weighted by atomic mass is 19.1. The number of aryl methyl sites for hydroxylation is 2. The van der Waals surface area contributed by atoms with Crippen LogP contribution in [0.15, 0.2) is 22.7 Å². The second kappa shape index (κ2) is 7.63. The molecule has 7 heteroatoms. The predicted octanol–water partition coefficient (Wildman–Crippen LogP) is 2.86. The number of methoxy groups -OCH3 is 1. The molecule has 1 saturated heterocycles. The van der Waals surface area contributed by atoms with Gasteiger partial charge in [0.05, 0.1) is 13.0 Å². The first-order valence-electron chi connectivity index (χ1n) is 8.47. The largest absolute Gasteiger partial charge is 0.494 e. The fourth-order valence-corrected chi connectivity index (χ4v) is 3.16. The van der Waals surface area contributed by atoms with Gasteiger partial charge in [0, 0.05) is 19.5 Å². The van der Waals surface area contributed by atoms with E-state index in [1.807, 2.05) is 4.90 Å². The van der Waals surface area contributed by atoms with Gasteiger partial charge in [0.15, 0.2) is 17.4 Å². The Bertz CT molecular complexity index is 747. The number of carbonyl (C=O) groups is 1. The minimum absolute atomic E-state index is 0.0668. The van der Waals surface area contributed by atoms with Gasteiger partial charge in [-0.15, -0.1) is 0 Å². The van der Waals surface area contributed by atoms with Crippen molar-refractivity contribution >= 4 is 5.91 Å². The number of hydrogen-bond donors (Lipinski definition) is 0. The van der Waals surface area contributed by atoms with E-state index < -0.39 is 5.82 Å². The minimum atomic E-state index is -0.405. The van der Waals surface area contributed by atoms with Crippen molar-refractivity contribution in [3.05, 3.63) is 41.3 Å². The molecule has 0 radical (unpaired) electrons. The lowest BCUT2D eigenvalue weighted by Crippen LogP contribution is -2.39. The van der Waals surface area contributed by atoms with Crippen LogP contribution in [-0.2, 0) is 11.2 Å². The lowest BCUT2D eigenvalue weighted by atomic mass is 9.97. The molecule has 25 heavy (non-hydrogen) atoms. The lowest BCUT2D eigenvalue weighted by Gasteiger charge is -2.31. The highest BCUT2D eigenvalue weighted by Crippen LogP contribution is 2.26. The fourth-order valence-electron chi connectivity index (χ4n) is 3.16. The zero-order chi connectivity index (χ0) is 17.8. The second-order valence-corrected chi connectivity index (χ2v) is 6.33. The molecule has 1 unspecified atom stereocenters. The number of carbonyl (C=O) groups excluding carboxylic acids is 1. The maximum Gasteiger partial charge on any atom is 0.231 e. The number of ether oxygens (including phenoxy) is 1. The summed E-state index contributed by atoms with van der Waals surface area (Å²) in [6.07, 6.45) is 2.70. The number of benzene rings is 1. The van der Waals surface area contributed by atoms with Gasteiger partial charge in [0.2, 0.25) is 11.8 Å². The number of likely N-dealkylation sites (tertiary alicyclic amines) is 1. The van der Waals surface area contributed by atoms with Crippen LogP contribution in [0, 0.1) is 12.7 Å². The molecule has 0 bridgehead atoms. The molecule has 3 rings (SSSR count). The summed E-state index contributed by atoms with van der Waals surface area (Å²) in [7, 11) is 1.43. The molecule has 1 aliphatic heterocycles. The molecule has 2 heterocycles. The van der Waals surface area contributed by atoms with Crippen LogP contribution in [0.1, 0.15) is 42.5 Å². The van der Waals surface area contributed by atoms with Crippen molar-refractivity contribution in [3.63, 3.8) is 0 Å². The Labute approximate surface area is 146 Å². The standard InChI is InChI=1S/C18H22FN3O3/c1-12-20-18(25-21-12)14-4-3-9-22(11-14)17(23)8-6-13-5-7-16(24-2)15(19)10-13/h5,7,10,14H,3-4,6,8-9,11H2,1-2H3. The Balaban J connectivity index is 1.56. The van der Waals surface area contributed by atoms with Crippen molar-refractivity contribution in [3.8, 4) is 5.75 Å². The van der Waals surface area contributed by atoms with Crippen LogP contribution in [0.5, 0.6) is 5.75 Å². The van der Waals surface area contributed by atoms with Gasteiger partial charge in [-0.2, -0.15) is 4.98 Å². The summed E-state index contributed by atoms with van der Waals surface area (Å²) in [6.45, 7) is 3.11. The maximum atomic E-state index is 13.7. The highest BCUT2D eigenvalue weighted by Gasteiger charge is 2.28. The van der Waals surface area contributed by atoms with E-state index in [1.54, 1.807) is 19.1 Å². The Kier molecular flexibility index (Phi) is 5.31. The number of halogens is 1. The van der Waals surface area contributed by atoms with E-state index in [0.717, 1.165) is 24.9 Å². The molecule has 1 aliphatic rings. The number of piperidine rings is 1. The summed E-state index contributed by atoms with van der Waals surface area (Å²) in [4.78, 5) is 18.6. The van der Waals surface area contributed by atoms with Crippen LogP contribution in [0.4, 0.5) is 4.39 Å². The first kappa shape index (κ1) is 17.4. The van der Waals surface area contributed by atoms with E-state index in [4.69, 9.17) is 9.26 Å². The molecule has 1 atom stereocenters. The zero-order valence-electron chi connectivity index (χ0n) is 14.5. The third-order valence-corrected chi connectivity index (χ3v) is 4.51. The molecule has 0 N–H and O–H groups in total. The summed E-state index contributed by atoms with van der Waals surface area (Å²) in [5.41, 5.74) is 0.785. The Morgan fingerprint density at radius 3 is 3.00 bits per heavy atom. The average Bonchev–Trinajstić information content (AvgIpc) is 3.06. The van der Waals surface area contributed by atoms with Crippen molar-refractivity contribution in [2.24, 2.45) is 0 Å². The van der Waals surface area contributed by atoms with Crippen LogP contribution < -0.4 is 4.74 Å². The molecule has 0 aliphatic carbocycles. The third-order valence-electron chi connectivity index (χ3n) is 4.51. The monoisotopic (exact) mass is 347 g/mol. The number of aromatic nitrogens is 2. The van der Waals surface area contributed by atoms with Gasteiger partial charge in [0.25, 0.3) is 0 Å². The summed E-state index contributed by atoms with van der Waals surface area (Å²) in [5.74, 6) is 1.18. The third kappa shape index (κ3) is 4.15. The first-order chi connectivity index (χ1) is 12.1. The van der Waals surface area contributed by atoms with Crippen molar-refractivity contribution in [2.45, 2.75) is 38.5 Å². The molecular formula is C18H22FN3O3. The van der Waals surface area contributed by atoms with Crippen molar-refractivity contribution in [1.82, 2.24) is 15.0 Å². The smallest absolute Gasteiger partial charge is 0.231 e. The number of hydrogen-bond acceptors (Lipinski definition) is 5. The molecular weight excluding hydrogens is 325 g/mol.